The van der Waals surface area contributed by atoms with Gasteiger partial charge >= 0.3 is 0 Å². The average Bonchev–Trinajstić information content (AvgIpc) is 3.29. The summed E-state index contributed by atoms with van der Waals surface area (Å²) in [6.07, 6.45) is 0. The molecule has 10 nitrogen and oxygen atoms in total. The van der Waals surface area contributed by atoms with E-state index in [0.717, 1.165) is 4.31 Å². The van der Waals surface area contributed by atoms with E-state index >= 15 is 0 Å². The molecule has 1 amide bonds. The van der Waals surface area contributed by atoms with Crippen LogP contribution in [0.25, 0.3) is 0 Å². The van der Waals surface area contributed by atoms with Crippen molar-refractivity contribution in [2.75, 3.05) is 20.2 Å². The van der Waals surface area contributed by atoms with Crippen LogP contribution in [0.4, 0.5) is 0 Å². The molecule has 11 heteroatoms. The molecule has 1 fully saturated rings. The molecule has 0 radical (unpaired) electrons. The van der Waals surface area contributed by atoms with Crippen molar-refractivity contribution in [3.63, 3.8) is 0 Å². The van der Waals surface area contributed by atoms with Crippen LogP contribution in [0.5, 0.6) is 0 Å². The Labute approximate surface area is 155 Å². The number of nitrogens with zero attached hydrogens (tertiary/aromatic N) is 4. The smallest absolute Gasteiger partial charge is 0.243 e. The molecule has 1 aromatic heterocycles. The number of rotatable bonds is 6. The first-order valence-electron chi connectivity index (χ1n) is 7.98. The predicted octanol–water partition coefficient (Wildman–Crippen LogP) is -0.0227. The number of nitrogens with two attached hydrogens (primary N) is 1. The number of hydrogen-bond acceptors (Lipinski definition) is 8. The summed E-state index contributed by atoms with van der Waals surface area (Å²) < 4.78 is 37.0. The molecule has 1 saturated heterocycles. The van der Waals surface area contributed by atoms with Crippen molar-refractivity contribution >= 4 is 15.9 Å². The minimum Gasteiger partial charge on any atom is -0.377 e. The van der Waals surface area contributed by atoms with E-state index < -0.39 is 27.8 Å². The normalized spacial score (nSPS) is 20.4. The Morgan fingerprint density at radius 1 is 1.41 bits per heavy atom. The summed E-state index contributed by atoms with van der Waals surface area (Å²) in [5.41, 5.74) is 5.81. The fourth-order valence-electron chi connectivity index (χ4n) is 2.96. The van der Waals surface area contributed by atoms with Gasteiger partial charge in [0.1, 0.15) is 6.61 Å². The first-order valence-corrected chi connectivity index (χ1v) is 9.42. The summed E-state index contributed by atoms with van der Waals surface area (Å²) in [5, 5.41) is 12.6. The van der Waals surface area contributed by atoms with Crippen LogP contribution in [0.3, 0.4) is 0 Å². The Balaban J connectivity index is 1.88. The summed E-state index contributed by atoms with van der Waals surface area (Å²) in [4.78, 5) is 16.0. The lowest BCUT2D eigenvalue weighted by molar-refractivity contribution is -0.121. The summed E-state index contributed by atoms with van der Waals surface area (Å²) in [7, 11) is -2.40. The van der Waals surface area contributed by atoms with Gasteiger partial charge in [0.2, 0.25) is 21.8 Å². The molecule has 2 heterocycles. The molecule has 2 atom stereocenters. The van der Waals surface area contributed by atoms with Crippen molar-refractivity contribution in [3.8, 4) is 6.07 Å². The molecule has 2 N–H and O–H groups in total. The highest BCUT2D eigenvalue weighted by Gasteiger charge is 2.45. The summed E-state index contributed by atoms with van der Waals surface area (Å²) in [6, 6.07) is 7.47. The van der Waals surface area contributed by atoms with Gasteiger partial charge in [-0.1, -0.05) is 5.16 Å². The monoisotopic (exact) mass is 391 g/mol. The number of benzene rings is 1. The zero-order valence-electron chi connectivity index (χ0n) is 14.4. The van der Waals surface area contributed by atoms with Crippen LogP contribution in [0.2, 0.25) is 0 Å². The quantitative estimate of drug-likeness (QED) is 0.721. The van der Waals surface area contributed by atoms with Crippen LogP contribution >= 0.6 is 0 Å². The molecular formula is C16H17N5O5S. The second-order valence-electron chi connectivity index (χ2n) is 6.06. The maximum absolute atomic E-state index is 12.9. The third kappa shape index (κ3) is 3.68. The highest BCUT2D eigenvalue weighted by molar-refractivity contribution is 7.89. The van der Waals surface area contributed by atoms with Gasteiger partial charge in [0.05, 0.1) is 28.4 Å². The Morgan fingerprint density at radius 2 is 2.11 bits per heavy atom. The van der Waals surface area contributed by atoms with E-state index in [2.05, 4.69) is 10.1 Å². The van der Waals surface area contributed by atoms with E-state index in [4.69, 9.17) is 20.3 Å². The standard InChI is InChI=1S/C16H17N5O5S/c1-25-9-14-19-16(26-20-14)13-8-21(7-12(13)15(18)22)27(23,24)11-4-2-10(6-17)3-5-11/h2-5,12-13H,7-9H2,1H3,(H2,18,22)/t12-,13-/m1/s1. The number of sulfonamides is 1. The highest BCUT2D eigenvalue weighted by atomic mass is 32.2. The number of amides is 1. The van der Waals surface area contributed by atoms with Crippen LogP contribution in [0.1, 0.15) is 23.2 Å². The van der Waals surface area contributed by atoms with Crippen molar-refractivity contribution < 1.29 is 22.5 Å². The van der Waals surface area contributed by atoms with Crippen molar-refractivity contribution in [2.45, 2.75) is 17.4 Å². The van der Waals surface area contributed by atoms with Crippen LogP contribution in [0.15, 0.2) is 33.7 Å². The summed E-state index contributed by atoms with van der Waals surface area (Å²) >= 11 is 0. The van der Waals surface area contributed by atoms with Gasteiger partial charge in [0, 0.05) is 20.2 Å². The van der Waals surface area contributed by atoms with E-state index in [1.807, 2.05) is 6.07 Å². The van der Waals surface area contributed by atoms with Gasteiger partial charge < -0.3 is 15.0 Å². The Hall–Kier alpha value is -2.81. The Bertz CT molecular complexity index is 979. The maximum atomic E-state index is 12.9. The summed E-state index contributed by atoms with van der Waals surface area (Å²) in [5.74, 6) is -1.65. The number of nitriles is 1. The zero-order valence-corrected chi connectivity index (χ0v) is 15.2. The first-order chi connectivity index (χ1) is 12.9. The third-order valence-electron chi connectivity index (χ3n) is 4.35. The van der Waals surface area contributed by atoms with Gasteiger partial charge in [0.15, 0.2) is 5.82 Å². The largest absolute Gasteiger partial charge is 0.377 e. The lowest BCUT2D eigenvalue weighted by Gasteiger charge is -2.16. The number of hydrogen-bond donors (Lipinski definition) is 1. The molecule has 3 rings (SSSR count). The molecule has 0 bridgehead atoms. The second-order valence-corrected chi connectivity index (χ2v) is 7.99. The number of carbonyl (C=O) groups is 1. The van der Waals surface area contributed by atoms with E-state index in [-0.39, 0.29) is 30.5 Å². The fraction of sp³-hybridized carbons (Fsp3) is 0.375. The fourth-order valence-corrected chi connectivity index (χ4v) is 4.45. The van der Waals surface area contributed by atoms with Gasteiger partial charge in [-0.2, -0.15) is 14.6 Å². The zero-order chi connectivity index (χ0) is 19.6. The van der Waals surface area contributed by atoms with Crippen molar-refractivity contribution in [1.82, 2.24) is 14.4 Å². The third-order valence-corrected chi connectivity index (χ3v) is 6.19. The maximum Gasteiger partial charge on any atom is 0.243 e. The van der Waals surface area contributed by atoms with Crippen LogP contribution < -0.4 is 5.73 Å². The number of carbonyl (C=O) groups excluding carboxylic acids is 1. The van der Waals surface area contributed by atoms with E-state index in [0.29, 0.717) is 11.4 Å². The molecule has 0 saturated carbocycles. The Morgan fingerprint density at radius 3 is 2.70 bits per heavy atom. The van der Waals surface area contributed by atoms with E-state index in [1.54, 1.807) is 0 Å². The summed E-state index contributed by atoms with van der Waals surface area (Å²) in [6.45, 7) is 0.0135. The molecule has 1 aliphatic heterocycles. The second kappa shape index (κ2) is 7.43. The molecular weight excluding hydrogens is 374 g/mol. The van der Waals surface area contributed by atoms with E-state index in [1.165, 1.54) is 31.4 Å². The molecule has 2 aromatic rings. The molecule has 1 aliphatic rings. The lowest BCUT2D eigenvalue weighted by atomic mass is 9.95. The minimum atomic E-state index is -3.87. The van der Waals surface area contributed by atoms with Crippen LogP contribution in [-0.2, 0) is 26.2 Å². The number of primary amides is 1. The van der Waals surface area contributed by atoms with Crippen LogP contribution in [0, 0.1) is 17.2 Å². The minimum absolute atomic E-state index is 0.0233. The van der Waals surface area contributed by atoms with Gasteiger partial charge in [-0.25, -0.2) is 8.42 Å². The van der Waals surface area contributed by atoms with Gasteiger partial charge in [-0.3, -0.25) is 4.79 Å². The van der Waals surface area contributed by atoms with Crippen molar-refractivity contribution in [2.24, 2.45) is 11.7 Å². The number of ether oxygens (including phenoxy) is 1. The van der Waals surface area contributed by atoms with Gasteiger partial charge in [-0.15, -0.1) is 0 Å². The first kappa shape index (κ1) is 19.0. The van der Waals surface area contributed by atoms with Crippen molar-refractivity contribution in [1.29, 1.82) is 5.26 Å². The van der Waals surface area contributed by atoms with Crippen molar-refractivity contribution in [3.05, 3.63) is 41.5 Å². The molecule has 142 valence electrons. The molecule has 27 heavy (non-hydrogen) atoms. The van der Waals surface area contributed by atoms with E-state index in [9.17, 15) is 13.2 Å². The van der Waals surface area contributed by atoms with Crippen LogP contribution in [-0.4, -0.2) is 49.0 Å². The molecule has 0 aliphatic carbocycles. The topological polar surface area (TPSA) is 152 Å². The molecule has 1 aromatic carbocycles. The highest BCUT2D eigenvalue weighted by Crippen LogP contribution is 2.35. The molecule has 0 spiro atoms. The average molecular weight is 391 g/mol. The van der Waals surface area contributed by atoms with Gasteiger partial charge in [0.25, 0.3) is 0 Å². The number of methoxy groups -OCH3 is 1. The SMILES string of the molecule is COCc1noc([C@@H]2CN(S(=O)(=O)c3ccc(C#N)cc3)C[C@H]2C(N)=O)n1. The lowest BCUT2D eigenvalue weighted by Crippen LogP contribution is -2.32. The Kier molecular flexibility index (Phi) is 5.22. The number of aromatic nitrogens is 2. The molecule has 0 unspecified atom stereocenters. The predicted molar refractivity (Wildman–Crippen MR) is 90.4 cm³/mol. The van der Waals surface area contributed by atoms with Gasteiger partial charge in [-0.05, 0) is 24.3 Å².